The zero-order valence-electron chi connectivity index (χ0n) is 30.2. The molecule has 0 aliphatic rings. The topological polar surface area (TPSA) is 3.24 Å². The zero-order valence-corrected chi connectivity index (χ0v) is 30.2. The van der Waals surface area contributed by atoms with Gasteiger partial charge in [-0.05, 0) is 123 Å². The second-order valence-electron chi connectivity index (χ2n) is 14.5. The summed E-state index contributed by atoms with van der Waals surface area (Å²) >= 11 is 0. The van der Waals surface area contributed by atoms with E-state index in [-0.39, 0.29) is 0 Å². The SMILES string of the molecule is C(=Cc1ccc2ccc3cccc4ccc1c2c34)c1ccc(N(c2ccccc2)c2ccc(C=Cc3ccc4ccc5cccc6ccc3c4c56)cc2)cc1. The van der Waals surface area contributed by atoms with Gasteiger partial charge in [0.1, 0.15) is 0 Å². The van der Waals surface area contributed by atoms with Gasteiger partial charge in [0.25, 0.3) is 0 Å². The van der Waals surface area contributed by atoms with E-state index in [0.717, 1.165) is 28.2 Å². The largest absolute Gasteiger partial charge is 0.311 e. The lowest BCUT2D eigenvalue weighted by atomic mass is 9.92. The number of anilines is 3. The van der Waals surface area contributed by atoms with Crippen molar-refractivity contribution in [3.8, 4) is 0 Å². The number of hydrogen-bond donors (Lipinski definition) is 0. The van der Waals surface area contributed by atoms with Crippen LogP contribution in [0.25, 0.3) is 88.9 Å². The van der Waals surface area contributed by atoms with Crippen LogP contribution in [0, 0.1) is 0 Å². The molecule has 0 atom stereocenters. The number of nitrogens with zero attached hydrogens (tertiary/aromatic N) is 1. The van der Waals surface area contributed by atoms with E-state index in [2.05, 4.69) is 217 Å². The molecule has 256 valence electrons. The molecule has 0 bridgehead atoms. The summed E-state index contributed by atoms with van der Waals surface area (Å²) in [5.41, 5.74) is 8.13. The molecule has 0 aliphatic heterocycles. The number of rotatable bonds is 7. The van der Waals surface area contributed by atoms with Crippen molar-refractivity contribution >= 4 is 106 Å². The molecule has 11 rings (SSSR count). The third-order valence-electron chi connectivity index (χ3n) is 11.4. The highest BCUT2D eigenvalue weighted by Gasteiger charge is 2.14. The van der Waals surface area contributed by atoms with Crippen molar-refractivity contribution in [3.05, 3.63) is 210 Å². The quantitative estimate of drug-likeness (QED) is 0.118. The predicted molar refractivity (Wildman–Crippen MR) is 239 cm³/mol. The molecule has 0 fully saturated rings. The van der Waals surface area contributed by atoms with Gasteiger partial charge in [-0.15, -0.1) is 0 Å². The summed E-state index contributed by atoms with van der Waals surface area (Å²) in [6.07, 6.45) is 8.96. The first kappa shape index (κ1) is 31.3. The number of benzene rings is 11. The van der Waals surface area contributed by atoms with Crippen molar-refractivity contribution in [2.24, 2.45) is 0 Å². The monoisotopic (exact) mass is 697 g/mol. The Morgan fingerprint density at radius 3 is 1.05 bits per heavy atom. The summed E-state index contributed by atoms with van der Waals surface area (Å²) in [5, 5.41) is 15.7. The van der Waals surface area contributed by atoms with Gasteiger partial charge in [-0.2, -0.15) is 0 Å². The van der Waals surface area contributed by atoms with Crippen molar-refractivity contribution in [1.29, 1.82) is 0 Å². The van der Waals surface area contributed by atoms with Crippen LogP contribution >= 0.6 is 0 Å². The normalized spacial score (nSPS) is 12.2. The van der Waals surface area contributed by atoms with Gasteiger partial charge in [0, 0.05) is 17.1 Å². The Morgan fingerprint density at radius 1 is 0.255 bits per heavy atom. The standard InChI is InChI=1S/C54H35N/c1-2-10-46(11-3-1)55(47-30-14-36(15-31-47)12-18-38-20-22-44-26-24-40-6-4-8-42-28-34-49(38)53(44)51(40)42)48-32-16-37(17-33-48)13-19-39-21-23-45-27-25-41-7-5-9-43-29-35-50(39)54(45)52(41)43/h1-35H. The van der Waals surface area contributed by atoms with Gasteiger partial charge in [0.2, 0.25) is 0 Å². The summed E-state index contributed by atoms with van der Waals surface area (Å²) in [7, 11) is 0. The van der Waals surface area contributed by atoms with Gasteiger partial charge in [0.05, 0.1) is 0 Å². The van der Waals surface area contributed by atoms with Gasteiger partial charge in [-0.1, -0.05) is 176 Å². The van der Waals surface area contributed by atoms with Crippen molar-refractivity contribution in [2.75, 3.05) is 4.90 Å². The Morgan fingerprint density at radius 2 is 0.618 bits per heavy atom. The average molecular weight is 698 g/mol. The molecule has 0 amide bonds. The smallest absolute Gasteiger partial charge is 0.0462 e. The van der Waals surface area contributed by atoms with E-state index >= 15 is 0 Å². The molecule has 55 heavy (non-hydrogen) atoms. The molecule has 0 spiro atoms. The van der Waals surface area contributed by atoms with Crippen LogP contribution in [0.4, 0.5) is 17.1 Å². The van der Waals surface area contributed by atoms with Crippen LogP contribution in [0.1, 0.15) is 22.3 Å². The Hall–Kier alpha value is -7.22. The molecule has 0 aromatic heterocycles. The van der Waals surface area contributed by atoms with Crippen molar-refractivity contribution in [1.82, 2.24) is 0 Å². The second-order valence-corrected chi connectivity index (χ2v) is 14.5. The lowest BCUT2D eigenvalue weighted by Crippen LogP contribution is -2.09. The van der Waals surface area contributed by atoms with Gasteiger partial charge in [-0.3, -0.25) is 0 Å². The molecule has 11 aromatic carbocycles. The predicted octanol–water partition coefficient (Wildman–Crippen LogP) is 15.3. The maximum absolute atomic E-state index is 2.32. The summed E-state index contributed by atoms with van der Waals surface area (Å²) in [5.74, 6) is 0. The number of hydrogen-bond acceptors (Lipinski definition) is 1. The summed E-state index contributed by atoms with van der Waals surface area (Å²) in [6.45, 7) is 0. The highest BCUT2D eigenvalue weighted by molar-refractivity contribution is 6.25. The lowest BCUT2D eigenvalue weighted by Gasteiger charge is -2.25. The van der Waals surface area contributed by atoms with Crippen LogP contribution in [0.3, 0.4) is 0 Å². The first-order valence-electron chi connectivity index (χ1n) is 19.0. The first-order valence-corrected chi connectivity index (χ1v) is 19.0. The maximum Gasteiger partial charge on any atom is 0.0462 e. The molecular formula is C54H35N. The highest BCUT2D eigenvalue weighted by Crippen LogP contribution is 2.39. The average Bonchev–Trinajstić information content (AvgIpc) is 3.25. The fourth-order valence-electron chi connectivity index (χ4n) is 8.67. The summed E-state index contributed by atoms with van der Waals surface area (Å²) < 4.78 is 0. The highest BCUT2D eigenvalue weighted by atomic mass is 15.1. The Bertz CT molecular complexity index is 2990. The molecule has 0 radical (unpaired) electrons. The fourth-order valence-corrected chi connectivity index (χ4v) is 8.67. The van der Waals surface area contributed by atoms with Crippen LogP contribution in [-0.2, 0) is 0 Å². The molecule has 0 saturated carbocycles. The minimum atomic E-state index is 1.11. The third kappa shape index (κ3) is 5.32. The van der Waals surface area contributed by atoms with Crippen LogP contribution in [-0.4, -0.2) is 0 Å². The minimum absolute atomic E-state index is 1.11. The molecule has 0 unspecified atom stereocenters. The zero-order chi connectivity index (χ0) is 36.3. The first-order chi connectivity index (χ1) is 27.2. The van der Waals surface area contributed by atoms with Gasteiger partial charge in [0.15, 0.2) is 0 Å². The lowest BCUT2D eigenvalue weighted by molar-refractivity contribution is 1.28. The Balaban J connectivity index is 0.889. The summed E-state index contributed by atoms with van der Waals surface area (Å²) in [6, 6.07) is 68.5. The van der Waals surface area contributed by atoms with E-state index in [1.54, 1.807) is 0 Å². The third-order valence-corrected chi connectivity index (χ3v) is 11.4. The van der Waals surface area contributed by atoms with Crippen LogP contribution < -0.4 is 4.90 Å². The van der Waals surface area contributed by atoms with Gasteiger partial charge >= 0.3 is 0 Å². The second kappa shape index (κ2) is 12.7. The molecule has 0 heterocycles. The molecule has 11 aromatic rings. The van der Waals surface area contributed by atoms with E-state index in [1.807, 2.05) is 0 Å². The van der Waals surface area contributed by atoms with Crippen LogP contribution in [0.2, 0.25) is 0 Å². The van der Waals surface area contributed by atoms with Crippen molar-refractivity contribution < 1.29 is 0 Å². The van der Waals surface area contributed by atoms with E-state index < -0.39 is 0 Å². The molecule has 0 saturated heterocycles. The molecular weight excluding hydrogens is 663 g/mol. The molecule has 0 aliphatic carbocycles. The van der Waals surface area contributed by atoms with E-state index in [1.165, 1.54) is 75.8 Å². The molecule has 1 heteroatoms. The Kier molecular flexibility index (Phi) is 7.25. The fraction of sp³-hybridized carbons (Fsp3) is 0. The van der Waals surface area contributed by atoms with Gasteiger partial charge < -0.3 is 4.90 Å². The molecule has 0 N–H and O–H groups in total. The Labute approximate surface area is 320 Å². The maximum atomic E-state index is 2.32. The van der Waals surface area contributed by atoms with Crippen molar-refractivity contribution in [2.45, 2.75) is 0 Å². The van der Waals surface area contributed by atoms with E-state index in [4.69, 9.17) is 0 Å². The minimum Gasteiger partial charge on any atom is -0.311 e. The number of para-hydroxylation sites is 1. The van der Waals surface area contributed by atoms with Crippen LogP contribution in [0.15, 0.2) is 188 Å². The van der Waals surface area contributed by atoms with Gasteiger partial charge in [-0.25, -0.2) is 0 Å². The van der Waals surface area contributed by atoms with E-state index in [0.29, 0.717) is 0 Å². The van der Waals surface area contributed by atoms with Crippen LogP contribution in [0.5, 0.6) is 0 Å². The van der Waals surface area contributed by atoms with Crippen molar-refractivity contribution in [3.63, 3.8) is 0 Å². The van der Waals surface area contributed by atoms with E-state index in [9.17, 15) is 0 Å². The summed E-state index contributed by atoms with van der Waals surface area (Å²) in [4.78, 5) is 2.32. The molecule has 1 nitrogen and oxygen atoms in total.